The lowest BCUT2D eigenvalue weighted by Crippen LogP contribution is -2.52. The molecule has 1 aliphatic heterocycles. The summed E-state index contributed by atoms with van der Waals surface area (Å²) in [6, 6.07) is 9.85. The third kappa shape index (κ3) is 5.26. The lowest BCUT2D eigenvalue weighted by Gasteiger charge is -2.35. The van der Waals surface area contributed by atoms with Crippen LogP contribution in [-0.4, -0.2) is 82.8 Å². The number of piperazine rings is 1. The summed E-state index contributed by atoms with van der Waals surface area (Å²) in [4.78, 5) is 17.1. The maximum Gasteiger partial charge on any atom is 0.323 e. The molecule has 8 nitrogen and oxygen atoms in total. The van der Waals surface area contributed by atoms with Crippen LogP contribution in [0.25, 0.3) is 5.69 Å². The Morgan fingerprint density at radius 3 is 2.58 bits per heavy atom. The molecule has 2 amide bonds. The van der Waals surface area contributed by atoms with Gasteiger partial charge in [0.1, 0.15) is 5.82 Å². The largest absolute Gasteiger partial charge is 0.389 e. The molecule has 8 heteroatoms. The maximum atomic E-state index is 13.1. The van der Waals surface area contributed by atoms with E-state index in [0.29, 0.717) is 38.8 Å². The molecule has 168 valence electrons. The van der Waals surface area contributed by atoms with E-state index in [2.05, 4.69) is 10.2 Å². The van der Waals surface area contributed by atoms with Crippen molar-refractivity contribution in [2.75, 3.05) is 51.3 Å². The van der Waals surface area contributed by atoms with E-state index in [9.17, 15) is 9.90 Å². The lowest BCUT2D eigenvalue weighted by atomic mass is 10.2. The first-order chi connectivity index (χ1) is 15.1. The van der Waals surface area contributed by atoms with E-state index in [4.69, 9.17) is 9.84 Å². The number of aromatic nitrogens is 2. The highest BCUT2D eigenvalue weighted by Crippen LogP contribution is 2.43. The van der Waals surface area contributed by atoms with Gasteiger partial charge in [0.15, 0.2) is 0 Å². The number of urea groups is 1. The molecule has 31 heavy (non-hydrogen) atoms. The molecular weight excluding hydrogens is 394 g/mol. The minimum absolute atomic E-state index is 0.1000. The molecule has 2 aromatic rings. The number of β-amino-alcohol motifs (C(OH)–C–C–N with tert-alkyl or cyclic N) is 1. The number of aliphatic hydroxyl groups is 1. The Morgan fingerprint density at radius 1 is 1.23 bits per heavy atom. The predicted molar refractivity (Wildman–Crippen MR) is 120 cm³/mol. The summed E-state index contributed by atoms with van der Waals surface area (Å²) in [7, 11) is 0. The van der Waals surface area contributed by atoms with Crippen molar-refractivity contribution in [3.8, 4) is 5.69 Å². The van der Waals surface area contributed by atoms with E-state index < -0.39 is 6.10 Å². The van der Waals surface area contributed by atoms with Gasteiger partial charge in [0.05, 0.1) is 24.1 Å². The summed E-state index contributed by atoms with van der Waals surface area (Å²) in [6.45, 7) is 8.22. The van der Waals surface area contributed by atoms with E-state index in [-0.39, 0.29) is 6.03 Å². The van der Waals surface area contributed by atoms with E-state index in [1.54, 1.807) is 0 Å². The number of rotatable bonds is 8. The van der Waals surface area contributed by atoms with Crippen LogP contribution in [0.3, 0.4) is 0 Å². The average Bonchev–Trinajstić information content (AvgIpc) is 3.58. The molecule has 1 unspecified atom stereocenters. The van der Waals surface area contributed by atoms with Gasteiger partial charge in [-0.2, -0.15) is 5.10 Å². The van der Waals surface area contributed by atoms with Crippen molar-refractivity contribution in [3.63, 3.8) is 0 Å². The van der Waals surface area contributed by atoms with Crippen molar-refractivity contribution >= 4 is 11.8 Å². The summed E-state index contributed by atoms with van der Waals surface area (Å²) >= 11 is 0. The molecule has 1 aliphatic carbocycles. The molecule has 1 atom stereocenters. The number of amides is 2. The monoisotopic (exact) mass is 427 g/mol. The number of nitrogens with one attached hydrogen (secondary N) is 1. The van der Waals surface area contributed by atoms with Crippen molar-refractivity contribution in [1.82, 2.24) is 19.6 Å². The molecule has 2 fully saturated rings. The van der Waals surface area contributed by atoms with Crippen molar-refractivity contribution in [1.29, 1.82) is 0 Å². The van der Waals surface area contributed by atoms with Crippen LogP contribution in [0.4, 0.5) is 10.6 Å². The minimum atomic E-state index is -0.496. The molecule has 0 bridgehead atoms. The number of carbonyl (C=O) groups is 1. The van der Waals surface area contributed by atoms with E-state index in [1.165, 1.54) is 0 Å². The summed E-state index contributed by atoms with van der Waals surface area (Å²) in [5.41, 5.74) is 3.09. The van der Waals surface area contributed by atoms with Crippen molar-refractivity contribution < 1.29 is 14.6 Å². The highest BCUT2D eigenvalue weighted by molar-refractivity contribution is 5.90. The first-order valence-electron chi connectivity index (χ1n) is 11.3. The number of nitrogens with zero attached hydrogens (tertiary/aromatic N) is 4. The van der Waals surface area contributed by atoms with Gasteiger partial charge < -0.3 is 14.7 Å². The third-order valence-corrected chi connectivity index (χ3v) is 5.99. The number of aliphatic hydroxyl groups excluding tert-OH is 1. The first-order valence-corrected chi connectivity index (χ1v) is 11.3. The normalized spacial score (nSPS) is 18.2. The number of carbonyl (C=O) groups excluding carboxylic acids is 1. The molecule has 2 N–H and O–H groups in total. The fraction of sp³-hybridized carbons (Fsp3) is 0.565. The van der Waals surface area contributed by atoms with Crippen LogP contribution < -0.4 is 5.32 Å². The highest BCUT2D eigenvalue weighted by Gasteiger charge is 2.32. The lowest BCUT2D eigenvalue weighted by molar-refractivity contribution is 0.0139. The maximum absolute atomic E-state index is 13.1. The Kier molecular flexibility index (Phi) is 6.89. The quantitative estimate of drug-likeness (QED) is 0.677. The average molecular weight is 428 g/mol. The Bertz CT molecular complexity index is 873. The molecular formula is C23H33N5O3. The zero-order chi connectivity index (χ0) is 21.8. The van der Waals surface area contributed by atoms with Crippen LogP contribution in [0.5, 0.6) is 0 Å². The van der Waals surface area contributed by atoms with Gasteiger partial charge in [-0.05, 0) is 38.8 Å². The Labute approximate surface area is 183 Å². The van der Waals surface area contributed by atoms with Gasteiger partial charge in [-0.3, -0.25) is 10.2 Å². The smallest absolute Gasteiger partial charge is 0.323 e. The molecule has 0 spiro atoms. The third-order valence-electron chi connectivity index (χ3n) is 5.99. The molecule has 1 saturated heterocycles. The van der Waals surface area contributed by atoms with Crippen molar-refractivity contribution in [2.24, 2.45) is 0 Å². The summed E-state index contributed by atoms with van der Waals surface area (Å²) < 4.78 is 7.15. The minimum Gasteiger partial charge on any atom is -0.389 e. The highest BCUT2D eigenvalue weighted by atomic mass is 16.5. The topological polar surface area (TPSA) is 82.9 Å². The molecule has 1 aromatic heterocycles. The Balaban J connectivity index is 1.40. The number of anilines is 1. The number of hydrogen-bond donors (Lipinski definition) is 2. The van der Waals surface area contributed by atoms with E-state index in [1.807, 2.05) is 53.8 Å². The van der Waals surface area contributed by atoms with Gasteiger partial charge in [0, 0.05) is 50.8 Å². The summed E-state index contributed by atoms with van der Waals surface area (Å²) in [5.74, 6) is 1.26. The second-order valence-electron chi connectivity index (χ2n) is 8.41. The van der Waals surface area contributed by atoms with Gasteiger partial charge in [0.25, 0.3) is 0 Å². The van der Waals surface area contributed by atoms with E-state index >= 15 is 0 Å². The number of para-hydroxylation sites is 1. The number of hydrogen-bond acceptors (Lipinski definition) is 5. The molecule has 2 heterocycles. The fourth-order valence-corrected chi connectivity index (χ4v) is 4.08. The van der Waals surface area contributed by atoms with Crippen LogP contribution in [-0.2, 0) is 4.74 Å². The van der Waals surface area contributed by atoms with Gasteiger partial charge in [-0.25, -0.2) is 9.48 Å². The predicted octanol–water partition coefficient (Wildman–Crippen LogP) is 2.61. The second kappa shape index (κ2) is 9.80. The molecule has 2 aliphatic rings. The van der Waals surface area contributed by atoms with Gasteiger partial charge in [-0.15, -0.1) is 0 Å². The van der Waals surface area contributed by atoms with E-state index in [0.717, 1.165) is 48.7 Å². The molecule has 4 rings (SSSR count). The van der Waals surface area contributed by atoms with Crippen molar-refractivity contribution in [3.05, 3.63) is 41.6 Å². The van der Waals surface area contributed by atoms with Gasteiger partial charge in [0.2, 0.25) is 0 Å². The van der Waals surface area contributed by atoms with Crippen LogP contribution >= 0.6 is 0 Å². The van der Waals surface area contributed by atoms with Gasteiger partial charge in [-0.1, -0.05) is 18.2 Å². The summed E-state index contributed by atoms with van der Waals surface area (Å²) in [6.07, 6.45) is 1.83. The summed E-state index contributed by atoms with van der Waals surface area (Å²) in [5, 5.41) is 18.0. The standard InChI is InChI=1S/C23H33N5O3/c1-3-31-16-20(29)15-26-11-13-27(14-12-26)23(30)24-22-17(2)21(18-9-10-18)25-28(22)19-7-5-4-6-8-19/h4-8,18,20,29H,3,9-16H2,1-2H3,(H,24,30). The molecule has 1 saturated carbocycles. The van der Waals surface area contributed by atoms with Crippen molar-refractivity contribution in [2.45, 2.75) is 38.7 Å². The SMILES string of the molecule is CCOCC(O)CN1CCN(C(=O)Nc2c(C)c(C3CC3)nn2-c2ccccc2)CC1. The number of benzene rings is 1. The Morgan fingerprint density at radius 2 is 1.94 bits per heavy atom. The van der Waals surface area contributed by atoms with Gasteiger partial charge >= 0.3 is 6.03 Å². The zero-order valence-corrected chi connectivity index (χ0v) is 18.5. The second-order valence-corrected chi connectivity index (χ2v) is 8.41. The fourth-order valence-electron chi connectivity index (χ4n) is 4.08. The van der Waals surface area contributed by atoms with Crippen LogP contribution in [0.15, 0.2) is 30.3 Å². The molecule has 1 aromatic carbocycles. The Hall–Kier alpha value is -2.42. The zero-order valence-electron chi connectivity index (χ0n) is 18.5. The van der Waals surface area contributed by atoms with Crippen LogP contribution in [0, 0.1) is 6.92 Å². The first kappa shape index (κ1) is 21.8. The molecule has 0 radical (unpaired) electrons. The van der Waals surface area contributed by atoms with Crippen LogP contribution in [0.1, 0.15) is 36.9 Å². The number of ether oxygens (including phenoxy) is 1. The van der Waals surface area contributed by atoms with Crippen LogP contribution in [0.2, 0.25) is 0 Å².